The summed E-state index contributed by atoms with van der Waals surface area (Å²) in [6.07, 6.45) is 4.02. The Balaban J connectivity index is 2.15. The molecule has 20 heavy (non-hydrogen) atoms. The second kappa shape index (κ2) is 6.74. The SMILES string of the molecule is CCN(CC1CCCO1)c1ncnc(OC(C)C)c1N. The van der Waals surface area contributed by atoms with E-state index in [1.807, 2.05) is 13.8 Å². The molecule has 6 nitrogen and oxygen atoms in total. The molecule has 2 N–H and O–H groups in total. The van der Waals surface area contributed by atoms with Crippen molar-refractivity contribution < 1.29 is 9.47 Å². The van der Waals surface area contributed by atoms with E-state index in [1.165, 1.54) is 6.33 Å². The number of nitrogens with two attached hydrogens (primary N) is 1. The topological polar surface area (TPSA) is 73.5 Å². The van der Waals surface area contributed by atoms with E-state index in [-0.39, 0.29) is 12.2 Å². The van der Waals surface area contributed by atoms with E-state index < -0.39 is 0 Å². The maximum absolute atomic E-state index is 6.15. The number of hydrogen-bond acceptors (Lipinski definition) is 6. The van der Waals surface area contributed by atoms with Crippen LogP contribution in [0, 0.1) is 0 Å². The number of likely N-dealkylation sites (N-methyl/N-ethyl adjacent to an activating group) is 1. The van der Waals surface area contributed by atoms with Gasteiger partial charge in [-0.25, -0.2) is 4.98 Å². The van der Waals surface area contributed by atoms with Crippen molar-refractivity contribution in [1.82, 2.24) is 9.97 Å². The van der Waals surface area contributed by atoms with Crippen LogP contribution in [0.5, 0.6) is 5.88 Å². The lowest BCUT2D eigenvalue weighted by molar-refractivity contribution is 0.115. The van der Waals surface area contributed by atoms with Crippen LogP contribution < -0.4 is 15.4 Å². The van der Waals surface area contributed by atoms with Crippen LogP contribution in [0.2, 0.25) is 0 Å². The van der Waals surface area contributed by atoms with Gasteiger partial charge in [0.15, 0.2) is 5.82 Å². The van der Waals surface area contributed by atoms with Gasteiger partial charge in [0, 0.05) is 19.7 Å². The molecule has 112 valence electrons. The van der Waals surface area contributed by atoms with E-state index in [4.69, 9.17) is 15.2 Å². The largest absolute Gasteiger partial charge is 0.473 e. The Bertz CT molecular complexity index is 433. The molecular formula is C14H24N4O2. The molecule has 0 amide bonds. The van der Waals surface area contributed by atoms with Crippen LogP contribution >= 0.6 is 0 Å². The monoisotopic (exact) mass is 280 g/mol. The predicted octanol–water partition coefficient (Wildman–Crippen LogP) is 1.85. The Kier molecular flexibility index (Phi) is 5.00. The van der Waals surface area contributed by atoms with Crippen LogP contribution in [0.4, 0.5) is 11.5 Å². The summed E-state index contributed by atoms with van der Waals surface area (Å²) >= 11 is 0. The van der Waals surface area contributed by atoms with Crippen molar-refractivity contribution in [2.45, 2.75) is 45.8 Å². The van der Waals surface area contributed by atoms with Crippen molar-refractivity contribution in [3.05, 3.63) is 6.33 Å². The number of nitrogen functional groups attached to an aromatic ring is 1. The van der Waals surface area contributed by atoms with Crippen molar-refractivity contribution in [3.63, 3.8) is 0 Å². The van der Waals surface area contributed by atoms with Crippen LogP contribution in [-0.4, -0.2) is 41.9 Å². The standard InChI is InChI=1S/C14H24N4O2/c1-4-18(8-11-6-5-7-19-11)13-12(15)14(17-9-16-13)20-10(2)3/h9-11H,4-8,15H2,1-3H3. The minimum atomic E-state index is 0.0355. The van der Waals surface area contributed by atoms with E-state index in [0.717, 1.165) is 38.4 Å². The highest BCUT2D eigenvalue weighted by Gasteiger charge is 2.22. The minimum absolute atomic E-state index is 0.0355. The molecule has 2 rings (SSSR count). The number of rotatable bonds is 6. The maximum atomic E-state index is 6.15. The molecule has 0 aliphatic carbocycles. The first-order chi connectivity index (χ1) is 9.61. The summed E-state index contributed by atoms with van der Waals surface area (Å²) in [6, 6.07) is 0. The smallest absolute Gasteiger partial charge is 0.242 e. The Morgan fingerprint density at radius 1 is 1.50 bits per heavy atom. The van der Waals surface area contributed by atoms with Crippen LogP contribution in [-0.2, 0) is 4.74 Å². The number of hydrogen-bond donors (Lipinski definition) is 1. The van der Waals surface area contributed by atoms with Crippen molar-refractivity contribution in [3.8, 4) is 5.88 Å². The average molecular weight is 280 g/mol. The summed E-state index contributed by atoms with van der Waals surface area (Å²) in [5.74, 6) is 1.18. The second-order valence-corrected chi connectivity index (χ2v) is 5.26. The molecule has 0 aromatic carbocycles. The Hall–Kier alpha value is -1.56. The highest BCUT2D eigenvalue weighted by Crippen LogP contribution is 2.29. The fourth-order valence-corrected chi connectivity index (χ4v) is 2.34. The van der Waals surface area contributed by atoms with Gasteiger partial charge in [0.2, 0.25) is 5.88 Å². The number of aromatic nitrogens is 2. The second-order valence-electron chi connectivity index (χ2n) is 5.26. The Morgan fingerprint density at radius 3 is 2.90 bits per heavy atom. The number of nitrogens with zero attached hydrogens (tertiary/aromatic N) is 3. The van der Waals surface area contributed by atoms with Gasteiger partial charge in [-0.05, 0) is 33.6 Å². The summed E-state index contributed by atoms with van der Waals surface area (Å²) in [5, 5.41) is 0. The molecule has 1 aromatic rings. The van der Waals surface area contributed by atoms with Crippen molar-refractivity contribution >= 4 is 11.5 Å². The first-order valence-corrected chi connectivity index (χ1v) is 7.25. The zero-order chi connectivity index (χ0) is 14.5. The molecule has 0 spiro atoms. The molecule has 1 aliphatic heterocycles. The lowest BCUT2D eigenvalue weighted by Crippen LogP contribution is -2.33. The van der Waals surface area contributed by atoms with Crippen molar-refractivity contribution in [2.24, 2.45) is 0 Å². The highest BCUT2D eigenvalue weighted by atomic mass is 16.5. The average Bonchev–Trinajstić information content (AvgIpc) is 2.91. The summed E-state index contributed by atoms with van der Waals surface area (Å²) in [4.78, 5) is 10.6. The first-order valence-electron chi connectivity index (χ1n) is 7.25. The molecule has 0 saturated carbocycles. The van der Waals surface area contributed by atoms with E-state index in [2.05, 4.69) is 21.8 Å². The molecule has 6 heteroatoms. The molecule has 0 radical (unpaired) electrons. The molecule has 1 unspecified atom stereocenters. The first kappa shape index (κ1) is 14.8. The lowest BCUT2D eigenvalue weighted by atomic mass is 10.2. The maximum Gasteiger partial charge on any atom is 0.242 e. The van der Waals surface area contributed by atoms with Crippen LogP contribution in [0.1, 0.15) is 33.6 Å². The van der Waals surface area contributed by atoms with Crippen LogP contribution in [0.3, 0.4) is 0 Å². The summed E-state index contributed by atoms with van der Waals surface area (Å²) < 4.78 is 11.3. The Morgan fingerprint density at radius 2 is 2.30 bits per heavy atom. The molecule has 2 heterocycles. The number of anilines is 2. The highest BCUT2D eigenvalue weighted by molar-refractivity contribution is 5.67. The number of ether oxygens (including phenoxy) is 2. The van der Waals surface area contributed by atoms with Crippen LogP contribution in [0.15, 0.2) is 6.33 Å². The minimum Gasteiger partial charge on any atom is -0.473 e. The molecular weight excluding hydrogens is 256 g/mol. The predicted molar refractivity (Wildman–Crippen MR) is 79.1 cm³/mol. The van der Waals surface area contributed by atoms with Gasteiger partial charge >= 0.3 is 0 Å². The van der Waals surface area contributed by atoms with Crippen molar-refractivity contribution in [1.29, 1.82) is 0 Å². The third kappa shape index (κ3) is 3.50. The van der Waals surface area contributed by atoms with Gasteiger partial charge in [0.05, 0.1) is 12.2 Å². The molecule has 1 fully saturated rings. The van der Waals surface area contributed by atoms with Gasteiger partial charge in [0.25, 0.3) is 0 Å². The van der Waals surface area contributed by atoms with E-state index in [9.17, 15) is 0 Å². The van der Waals surface area contributed by atoms with Gasteiger partial charge in [0.1, 0.15) is 12.0 Å². The van der Waals surface area contributed by atoms with E-state index in [0.29, 0.717) is 11.6 Å². The molecule has 1 aromatic heterocycles. The molecule has 1 atom stereocenters. The zero-order valence-electron chi connectivity index (χ0n) is 12.5. The third-order valence-electron chi connectivity index (χ3n) is 3.30. The van der Waals surface area contributed by atoms with E-state index in [1.54, 1.807) is 0 Å². The summed E-state index contributed by atoms with van der Waals surface area (Å²) in [7, 11) is 0. The Labute approximate surface area is 120 Å². The summed E-state index contributed by atoms with van der Waals surface area (Å²) in [6.45, 7) is 8.46. The summed E-state index contributed by atoms with van der Waals surface area (Å²) in [5.41, 5.74) is 6.65. The van der Waals surface area contributed by atoms with Crippen molar-refractivity contribution in [2.75, 3.05) is 30.3 Å². The third-order valence-corrected chi connectivity index (χ3v) is 3.30. The normalized spacial score (nSPS) is 18.5. The quantitative estimate of drug-likeness (QED) is 0.857. The van der Waals surface area contributed by atoms with Gasteiger partial charge in [-0.15, -0.1) is 0 Å². The zero-order valence-corrected chi connectivity index (χ0v) is 12.5. The van der Waals surface area contributed by atoms with Gasteiger partial charge < -0.3 is 20.1 Å². The lowest BCUT2D eigenvalue weighted by Gasteiger charge is -2.26. The van der Waals surface area contributed by atoms with Gasteiger partial charge in [-0.3, -0.25) is 0 Å². The fourth-order valence-electron chi connectivity index (χ4n) is 2.34. The van der Waals surface area contributed by atoms with E-state index >= 15 is 0 Å². The van der Waals surface area contributed by atoms with Crippen LogP contribution in [0.25, 0.3) is 0 Å². The fraction of sp³-hybridized carbons (Fsp3) is 0.714. The van der Waals surface area contributed by atoms with Gasteiger partial charge in [-0.1, -0.05) is 0 Å². The van der Waals surface area contributed by atoms with Gasteiger partial charge in [-0.2, -0.15) is 4.98 Å². The molecule has 1 saturated heterocycles. The molecule has 0 bridgehead atoms. The molecule has 1 aliphatic rings.